The van der Waals surface area contributed by atoms with E-state index in [2.05, 4.69) is 24.1 Å². The Kier molecular flexibility index (Phi) is 3.62. The maximum Gasteiger partial charge on any atom is 0.161 e. The fourth-order valence-corrected chi connectivity index (χ4v) is 3.28. The summed E-state index contributed by atoms with van der Waals surface area (Å²) in [5.41, 5.74) is 7.24. The van der Waals surface area contributed by atoms with Crippen LogP contribution in [-0.2, 0) is 0 Å². The summed E-state index contributed by atoms with van der Waals surface area (Å²) in [5, 5.41) is 0. The van der Waals surface area contributed by atoms with Crippen LogP contribution in [0.2, 0.25) is 0 Å². The van der Waals surface area contributed by atoms with Crippen molar-refractivity contribution in [1.82, 2.24) is 4.90 Å². The molecule has 1 fully saturated rings. The van der Waals surface area contributed by atoms with Gasteiger partial charge in [0.25, 0.3) is 0 Å². The number of benzene rings is 1. The lowest BCUT2D eigenvalue weighted by Gasteiger charge is -2.39. The molecule has 104 valence electrons. The van der Waals surface area contributed by atoms with E-state index < -0.39 is 0 Å². The molecule has 2 unspecified atom stereocenters. The first-order valence-corrected chi connectivity index (χ1v) is 7.09. The first kappa shape index (κ1) is 12.8. The lowest BCUT2D eigenvalue weighted by atomic mass is 9.85. The molecule has 2 aliphatic heterocycles. The van der Waals surface area contributed by atoms with E-state index in [1.54, 1.807) is 0 Å². The Morgan fingerprint density at radius 2 is 2.05 bits per heavy atom. The quantitative estimate of drug-likeness (QED) is 0.883. The summed E-state index contributed by atoms with van der Waals surface area (Å²) in [4.78, 5) is 2.41. The van der Waals surface area contributed by atoms with Crippen LogP contribution in [0.25, 0.3) is 0 Å². The SMILES string of the molecule is CN1CCCC(CN)C1c1ccc2c(c1)OCCO2. The number of hydrogen-bond acceptors (Lipinski definition) is 4. The van der Waals surface area contributed by atoms with Crippen LogP contribution in [0, 0.1) is 5.92 Å². The molecule has 1 aromatic rings. The summed E-state index contributed by atoms with van der Waals surface area (Å²) in [5.74, 6) is 2.26. The van der Waals surface area contributed by atoms with E-state index in [-0.39, 0.29) is 0 Å². The number of rotatable bonds is 2. The van der Waals surface area contributed by atoms with Crippen molar-refractivity contribution in [1.29, 1.82) is 0 Å². The van der Waals surface area contributed by atoms with Gasteiger partial charge in [-0.15, -0.1) is 0 Å². The molecule has 0 saturated carbocycles. The van der Waals surface area contributed by atoms with Crippen molar-refractivity contribution in [3.05, 3.63) is 23.8 Å². The van der Waals surface area contributed by atoms with Gasteiger partial charge in [0.1, 0.15) is 13.2 Å². The Balaban J connectivity index is 1.91. The Morgan fingerprint density at radius 1 is 1.26 bits per heavy atom. The van der Waals surface area contributed by atoms with Crippen LogP contribution < -0.4 is 15.2 Å². The van der Waals surface area contributed by atoms with Crippen LogP contribution in [0.1, 0.15) is 24.4 Å². The van der Waals surface area contributed by atoms with Gasteiger partial charge in [-0.1, -0.05) is 6.07 Å². The standard InChI is InChI=1S/C15H22N2O2/c1-17-6-2-3-12(10-16)15(17)11-4-5-13-14(9-11)19-8-7-18-13/h4-5,9,12,15H,2-3,6-8,10,16H2,1H3. The van der Waals surface area contributed by atoms with E-state index in [1.807, 2.05) is 6.07 Å². The van der Waals surface area contributed by atoms with E-state index in [0.717, 1.165) is 24.6 Å². The smallest absolute Gasteiger partial charge is 0.161 e. The number of ether oxygens (including phenoxy) is 2. The predicted molar refractivity (Wildman–Crippen MR) is 74.6 cm³/mol. The fraction of sp³-hybridized carbons (Fsp3) is 0.600. The minimum absolute atomic E-state index is 0.398. The molecule has 3 rings (SSSR count). The molecule has 19 heavy (non-hydrogen) atoms. The largest absolute Gasteiger partial charge is 0.486 e. The van der Waals surface area contributed by atoms with Gasteiger partial charge in [0.05, 0.1) is 0 Å². The summed E-state index contributed by atoms with van der Waals surface area (Å²) in [6.07, 6.45) is 2.44. The van der Waals surface area contributed by atoms with Crippen LogP contribution in [0.5, 0.6) is 11.5 Å². The van der Waals surface area contributed by atoms with E-state index in [9.17, 15) is 0 Å². The van der Waals surface area contributed by atoms with Crippen molar-refractivity contribution in [2.75, 3.05) is 33.4 Å². The molecular formula is C15H22N2O2. The monoisotopic (exact) mass is 262 g/mol. The molecule has 0 amide bonds. The van der Waals surface area contributed by atoms with Gasteiger partial charge in [-0.2, -0.15) is 0 Å². The molecule has 2 aliphatic rings. The fourth-order valence-electron chi connectivity index (χ4n) is 3.28. The van der Waals surface area contributed by atoms with Crippen molar-refractivity contribution in [2.45, 2.75) is 18.9 Å². The zero-order chi connectivity index (χ0) is 13.2. The Morgan fingerprint density at radius 3 is 2.84 bits per heavy atom. The number of likely N-dealkylation sites (tertiary alicyclic amines) is 1. The minimum atomic E-state index is 0.398. The Hall–Kier alpha value is -1.26. The lowest BCUT2D eigenvalue weighted by Crippen LogP contribution is -2.39. The first-order chi connectivity index (χ1) is 9.29. The minimum Gasteiger partial charge on any atom is -0.486 e. The molecule has 0 spiro atoms. The van der Waals surface area contributed by atoms with Crippen molar-refractivity contribution < 1.29 is 9.47 Å². The molecule has 0 aliphatic carbocycles. The van der Waals surface area contributed by atoms with E-state index >= 15 is 0 Å². The summed E-state index contributed by atoms with van der Waals surface area (Å²) in [6, 6.07) is 6.71. The van der Waals surface area contributed by atoms with Crippen LogP contribution in [0.15, 0.2) is 18.2 Å². The maximum atomic E-state index is 5.95. The summed E-state index contributed by atoms with van der Waals surface area (Å²) >= 11 is 0. The normalized spacial score (nSPS) is 27.3. The summed E-state index contributed by atoms with van der Waals surface area (Å²) < 4.78 is 11.3. The van der Waals surface area contributed by atoms with Gasteiger partial charge < -0.3 is 15.2 Å². The second kappa shape index (κ2) is 5.39. The molecule has 4 heteroatoms. The molecule has 2 atom stereocenters. The average molecular weight is 262 g/mol. The number of nitrogens with two attached hydrogens (primary N) is 1. The highest BCUT2D eigenvalue weighted by atomic mass is 16.6. The second-order valence-electron chi connectivity index (χ2n) is 5.47. The highest BCUT2D eigenvalue weighted by Crippen LogP contribution is 2.39. The molecule has 1 aromatic carbocycles. The molecular weight excluding hydrogens is 240 g/mol. The van der Waals surface area contributed by atoms with Crippen LogP contribution in [0.3, 0.4) is 0 Å². The van der Waals surface area contributed by atoms with E-state index in [1.165, 1.54) is 18.4 Å². The van der Waals surface area contributed by atoms with Gasteiger partial charge in [0.15, 0.2) is 11.5 Å². The molecule has 0 radical (unpaired) electrons. The van der Waals surface area contributed by atoms with Gasteiger partial charge in [0, 0.05) is 6.04 Å². The van der Waals surface area contributed by atoms with Crippen molar-refractivity contribution in [3.63, 3.8) is 0 Å². The van der Waals surface area contributed by atoms with Crippen LogP contribution >= 0.6 is 0 Å². The van der Waals surface area contributed by atoms with Gasteiger partial charge in [-0.25, -0.2) is 0 Å². The van der Waals surface area contributed by atoms with Crippen molar-refractivity contribution in [2.24, 2.45) is 11.7 Å². The van der Waals surface area contributed by atoms with Gasteiger partial charge in [-0.05, 0) is 56.6 Å². The maximum absolute atomic E-state index is 5.95. The average Bonchev–Trinajstić information content (AvgIpc) is 2.46. The lowest BCUT2D eigenvalue weighted by molar-refractivity contribution is 0.124. The van der Waals surface area contributed by atoms with Crippen molar-refractivity contribution >= 4 is 0 Å². The third kappa shape index (κ3) is 2.42. The van der Waals surface area contributed by atoms with Gasteiger partial charge in [-0.3, -0.25) is 4.90 Å². The van der Waals surface area contributed by atoms with Gasteiger partial charge in [0.2, 0.25) is 0 Å². The van der Waals surface area contributed by atoms with Crippen LogP contribution in [-0.4, -0.2) is 38.3 Å². The summed E-state index contributed by atoms with van der Waals surface area (Å²) in [7, 11) is 2.18. The topological polar surface area (TPSA) is 47.7 Å². The van der Waals surface area contributed by atoms with Gasteiger partial charge >= 0.3 is 0 Å². The molecule has 0 aromatic heterocycles. The van der Waals surface area contributed by atoms with E-state index in [4.69, 9.17) is 15.2 Å². The third-order valence-electron chi connectivity index (χ3n) is 4.22. The molecule has 2 N–H and O–H groups in total. The molecule has 2 heterocycles. The molecule has 1 saturated heterocycles. The van der Waals surface area contributed by atoms with E-state index in [0.29, 0.717) is 25.2 Å². The highest BCUT2D eigenvalue weighted by Gasteiger charge is 2.30. The van der Waals surface area contributed by atoms with Crippen molar-refractivity contribution in [3.8, 4) is 11.5 Å². The molecule has 4 nitrogen and oxygen atoms in total. The third-order valence-corrected chi connectivity index (χ3v) is 4.22. The zero-order valence-corrected chi connectivity index (χ0v) is 11.5. The number of hydrogen-bond donors (Lipinski definition) is 1. The number of nitrogens with zero attached hydrogens (tertiary/aromatic N) is 1. The predicted octanol–water partition coefficient (Wildman–Crippen LogP) is 1.80. The Bertz CT molecular complexity index is 450. The number of piperidine rings is 1. The second-order valence-corrected chi connectivity index (χ2v) is 5.47. The number of fused-ring (bicyclic) bond motifs is 1. The highest BCUT2D eigenvalue weighted by molar-refractivity contribution is 5.44. The Labute approximate surface area is 114 Å². The van der Waals surface area contributed by atoms with Crippen LogP contribution in [0.4, 0.5) is 0 Å². The first-order valence-electron chi connectivity index (χ1n) is 7.09. The zero-order valence-electron chi connectivity index (χ0n) is 11.5. The molecule has 0 bridgehead atoms. The summed E-state index contributed by atoms with van der Waals surface area (Å²) in [6.45, 7) is 3.15.